The Hall–Kier alpha value is -2.89. The van der Waals surface area contributed by atoms with Crippen LogP contribution in [-0.2, 0) is 33.7 Å². The highest BCUT2D eigenvalue weighted by molar-refractivity contribution is 8.00. The number of fused-ring (bicyclic) bond motifs is 2. The molecule has 0 aliphatic heterocycles. The number of thiazole rings is 1. The van der Waals surface area contributed by atoms with Crippen LogP contribution in [0.15, 0.2) is 35.8 Å². The highest BCUT2D eigenvalue weighted by atomic mass is 32.2. The van der Waals surface area contributed by atoms with E-state index in [4.69, 9.17) is 9.47 Å². The van der Waals surface area contributed by atoms with Crippen molar-refractivity contribution in [2.24, 2.45) is 10.9 Å². The third-order valence-corrected chi connectivity index (χ3v) is 9.24. The fraction of sp³-hybridized carbons (Fsp3) is 0.407. The number of allylic oxidation sites excluding steroid dienone is 1. The summed E-state index contributed by atoms with van der Waals surface area (Å²) in [7, 11) is 1.35. The van der Waals surface area contributed by atoms with Crippen molar-refractivity contribution in [1.29, 1.82) is 0 Å². The highest BCUT2D eigenvalue weighted by Gasteiger charge is 2.28. The largest absolute Gasteiger partial charge is 0.494 e. The number of carbonyl (C=O) groups excluding carboxylic acids is 3. The Balaban J connectivity index is 1.42. The molecule has 2 aromatic heterocycles. The normalized spacial score (nSPS) is 15.2. The first-order chi connectivity index (χ1) is 18.3. The van der Waals surface area contributed by atoms with Crippen molar-refractivity contribution in [1.82, 2.24) is 4.57 Å². The number of ether oxygens (including phenoxy) is 2. The van der Waals surface area contributed by atoms with Gasteiger partial charge in [0.25, 0.3) is 5.91 Å². The van der Waals surface area contributed by atoms with Gasteiger partial charge < -0.3 is 19.4 Å². The van der Waals surface area contributed by atoms with Crippen molar-refractivity contribution in [2.45, 2.75) is 39.7 Å². The molecule has 202 valence electrons. The van der Waals surface area contributed by atoms with Crippen LogP contribution < -0.4 is 14.9 Å². The van der Waals surface area contributed by atoms with Crippen LogP contribution in [0.5, 0.6) is 5.75 Å². The van der Waals surface area contributed by atoms with Crippen molar-refractivity contribution < 1.29 is 23.9 Å². The molecule has 2 amide bonds. The quantitative estimate of drug-likeness (QED) is 0.269. The molecule has 2 heterocycles. The molecule has 0 radical (unpaired) electrons. The maximum atomic E-state index is 12.7. The van der Waals surface area contributed by atoms with E-state index in [1.807, 2.05) is 29.7 Å². The number of nitrogens with zero attached hydrogens (tertiary/aromatic N) is 2. The summed E-state index contributed by atoms with van der Waals surface area (Å²) in [5.74, 6) is 0.402. The molecule has 0 bridgehead atoms. The van der Waals surface area contributed by atoms with Gasteiger partial charge >= 0.3 is 5.97 Å². The number of carbonyl (C=O) groups is 3. The van der Waals surface area contributed by atoms with Crippen LogP contribution in [0.4, 0.5) is 5.00 Å². The van der Waals surface area contributed by atoms with Gasteiger partial charge in [0.2, 0.25) is 5.91 Å². The molecule has 3 aromatic rings. The van der Waals surface area contributed by atoms with Gasteiger partial charge in [0.05, 0.1) is 41.0 Å². The minimum atomic E-state index is -0.432. The van der Waals surface area contributed by atoms with Gasteiger partial charge in [0.1, 0.15) is 10.8 Å². The van der Waals surface area contributed by atoms with Gasteiger partial charge in [-0.3, -0.25) is 9.59 Å². The van der Waals surface area contributed by atoms with E-state index in [2.05, 4.69) is 23.8 Å². The maximum Gasteiger partial charge on any atom is 0.341 e. The Morgan fingerprint density at radius 1 is 1.29 bits per heavy atom. The fourth-order valence-corrected chi connectivity index (χ4v) is 7.49. The minimum Gasteiger partial charge on any atom is -0.494 e. The first kappa shape index (κ1) is 28.1. The Morgan fingerprint density at radius 2 is 2.11 bits per heavy atom. The van der Waals surface area contributed by atoms with E-state index in [-0.39, 0.29) is 23.3 Å². The molecular weight excluding hydrogens is 543 g/mol. The van der Waals surface area contributed by atoms with Gasteiger partial charge in [-0.25, -0.2) is 4.79 Å². The number of anilines is 1. The zero-order valence-corrected chi connectivity index (χ0v) is 24.2. The molecule has 1 N–H and O–H groups in total. The summed E-state index contributed by atoms with van der Waals surface area (Å²) < 4.78 is 13.5. The molecule has 4 rings (SSSR count). The monoisotopic (exact) mass is 573 g/mol. The second-order valence-electron chi connectivity index (χ2n) is 8.94. The van der Waals surface area contributed by atoms with Crippen molar-refractivity contribution in [2.75, 3.05) is 30.5 Å². The summed E-state index contributed by atoms with van der Waals surface area (Å²) in [6.07, 6.45) is 4.45. The lowest BCUT2D eigenvalue weighted by Crippen LogP contribution is -2.19. The predicted molar refractivity (Wildman–Crippen MR) is 155 cm³/mol. The lowest BCUT2D eigenvalue weighted by atomic mass is 9.88. The van der Waals surface area contributed by atoms with Crippen LogP contribution in [-0.4, -0.2) is 47.6 Å². The second-order valence-corrected chi connectivity index (χ2v) is 12.0. The lowest BCUT2D eigenvalue weighted by molar-refractivity contribution is -0.115. The van der Waals surface area contributed by atoms with E-state index in [0.717, 1.165) is 45.7 Å². The average molecular weight is 574 g/mol. The lowest BCUT2D eigenvalue weighted by Gasteiger charge is -2.18. The summed E-state index contributed by atoms with van der Waals surface area (Å²) >= 11 is 4.04. The Bertz CT molecular complexity index is 1440. The van der Waals surface area contributed by atoms with Crippen molar-refractivity contribution in [3.8, 4) is 5.75 Å². The summed E-state index contributed by atoms with van der Waals surface area (Å²) in [5.41, 5.74) is 2.40. The highest BCUT2D eigenvalue weighted by Crippen LogP contribution is 2.40. The van der Waals surface area contributed by atoms with Crippen LogP contribution in [0.3, 0.4) is 0 Å². The van der Waals surface area contributed by atoms with Crippen LogP contribution in [0.1, 0.15) is 41.1 Å². The first-order valence-electron chi connectivity index (χ1n) is 12.4. The predicted octanol–water partition coefficient (Wildman–Crippen LogP) is 5.06. The van der Waals surface area contributed by atoms with Gasteiger partial charge in [-0.2, -0.15) is 4.99 Å². The number of amides is 2. The van der Waals surface area contributed by atoms with Crippen LogP contribution in [0, 0.1) is 5.92 Å². The SMILES string of the molecule is C=CCn1c(=NC(=O)CSCC(=O)Nc2sc3c(c2C(=O)OC)CCC(C)C3)sc2cc(OCC)ccc21. The van der Waals surface area contributed by atoms with E-state index in [1.165, 1.54) is 41.5 Å². The Morgan fingerprint density at radius 3 is 2.84 bits per heavy atom. The van der Waals surface area contributed by atoms with E-state index in [0.29, 0.717) is 34.4 Å². The zero-order valence-electron chi connectivity index (χ0n) is 21.7. The standard InChI is InChI=1S/C27H31N3O5S3/c1-5-11-30-19-10-8-17(35-6-2)13-21(19)38-27(30)29-23(32)15-36-14-22(31)28-25-24(26(33)34-4)18-9-7-16(3)12-20(18)37-25/h5,8,10,13,16H,1,6-7,9,11-12,14-15H2,2-4H3,(H,28,31). The summed E-state index contributed by atoms with van der Waals surface area (Å²) in [6, 6.07) is 5.79. The number of nitrogens with one attached hydrogen (secondary N) is 1. The molecule has 0 fully saturated rings. The molecule has 1 atom stereocenters. The summed E-state index contributed by atoms with van der Waals surface area (Å²) in [4.78, 5) is 43.8. The topological polar surface area (TPSA) is 99.0 Å². The number of aromatic nitrogens is 1. The smallest absolute Gasteiger partial charge is 0.341 e. The molecule has 1 aliphatic rings. The summed E-state index contributed by atoms with van der Waals surface area (Å²) in [5, 5.41) is 3.40. The molecule has 8 nitrogen and oxygen atoms in total. The van der Waals surface area contributed by atoms with Crippen molar-refractivity contribution in [3.63, 3.8) is 0 Å². The molecule has 11 heteroatoms. The van der Waals surface area contributed by atoms with Gasteiger partial charge in [-0.05, 0) is 55.9 Å². The van der Waals surface area contributed by atoms with Crippen molar-refractivity contribution >= 4 is 67.4 Å². The van der Waals surface area contributed by atoms with Gasteiger partial charge in [-0.1, -0.05) is 24.3 Å². The molecule has 1 unspecified atom stereocenters. The number of rotatable bonds is 10. The molecular formula is C27H31N3O5S3. The minimum absolute atomic E-state index is 0.0578. The molecule has 1 aromatic carbocycles. The first-order valence-corrected chi connectivity index (χ1v) is 15.2. The molecule has 1 aliphatic carbocycles. The van der Waals surface area contributed by atoms with Gasteiger partial charge in [0, 0.05) is 11.4 Å². The number of methoxy groups -OCH3 is 1. The van der Waals surface area contributed by atoms with E-state index in [1.54, 1.807) is 6.08 Å². The van der Waals surface area contributed by atoms with Gasteiger partial charge in [-0.15, -0.1) is 29.7 Å². The third-order valence-electron chi connectivity index (χ3n) is 6.11. The van der Waals surface area contributed by atoms with E-state index in [9.17, 15) is 14.4 Å². The molecule has 0 spiro atoms. The van der Waals surface area contributed by atoms with E-state index < -0.39 is 5.97 Å². The van der Waals surface area contributed by atoms with Crippen LogP contribution in [0.25, 0.3) is 10.2 Å². The van der Waals surface area contributed by atoms with Crippen molar-refractivity contribution in [3.05, 3.63) is 51.7 Å². The number of esters is 1. The molecule has 38 heavy (non-hydrogen) atoms. The summed E-state index contributed by atoms with van der Waals surface area (Å²) in [6.45, 7) is 9.02. The Labute approximate surface area is 233 Å². The number of hydrogen-bond acceptors (Lipinski definition) is 8. The zero-order chi connectivity index (χ0) is 27.2. The number of thiophene rings is 1. The Kier molecular flexibility index (Phi) is 9.45. The maximum absolute atomic E-state index is 12.7. The second kappa shape index (κ2) is 12.8. The number of benzene rings is 1. The van der Waals surface area contributed by atoms with Gasteiger partial charge in [0.15, 0.2) is 4.80 Å². The molecule has 0 saturated heterocycles. The number of hydrogen-bond donors (Lipinski definition) is 1. The van der Waals surface area contributed by atoms with Crippen LogP contribution >= 0.6 is 34.4 Å². The average Bonchev–Trinajstić information content (AvgIpc) is 3.40. The van der Waals surface area contributed by atoms with Crippen LogP contribution in [0.2, 0.25) is 0 Å². The van der Waals surface area contributed by atoms with E-state index >= 15 is 0 Å². The third kappa shape index (κ3) is 6.39. The fourth-order valence-electron chi connectivity index (χ4n) is 4.39. The number of thioether (sulfide) groups is 1. The molecule has 0 saturated carbocycles.